The number of ether oxygens (including phenoxy) is 2. The van der Waals surface area contributed by atoms with Gasteiger partial charge in [0.1, 0.15) is 11.8 Å². The largest absolute Gasteiger partial charge is 0.496 e. The van der Waals surface area contributed by atoms with E-state index in [1.54, 1.807) is 13.3 Å². The van der Waals surface area contributed by atoms with Gasteiger partial charge >= 0.3 is 5.97 Å². The van der Waals surface area contributed by atoms with Crippen molar-refractivity contribution < 1.29 is 14.3 Å². The summed E-state index contributed by atoms with van der Waals surface area (Å²) in [6.07, 6.45) is 3.73. The van der Waals surface area contributed by atoms with Crippen LogP contribution in [0.3, 0.4) is 0 Å². The molecular formula is C26H35N5O3. The Labute approximate surface area is 201 Å². The first kappa shape index (κ1) is 24.0. The Morgan fingerprint density at radius 3 is 2.29 bits per heavy atom. The van der Waals surface area contributed by atoms with Gasteiger partial charge < -0.3 is 20.2 Å². The monoisotopic (exact) mass is 465 g/mol. The molecule has 0 radical (unpaired) electrons. The molecule has 0 aromatic heterocycles. The molecule has 4 rings (SSSR count). The summed E-state index contributed by atoms with van der Waals surface area (Å²) in [7, 11) is 3.10. The van der Waals surface area contributed by atoms with Gasteiger partial charge in [-0.1, -0.05) is 30.3 Å². The van der Waals surface area contributed by atoms with E-state index in [4.69, 9.17) is 15.3 Å². The second-order valence-electron chi connectivity index (χ2n) is 8.83. The van der Waals surface area contributed by atoms with E-state index >= 15 is 0 Å². The Balaban J connectivity index is 1.34. The maximum Gasteiger partial charge on any atom is 0.327 e. The Bertz CT molecular complexity index is 965. The number of piperidine rings is 1. The van der Waals surface area contributed by atoms with Crippen molar-refractivity contribution in [3.05, 3.63) is 59.7 Å². The number of methoxy groups -OCH3 is 2. The highest BCUT2D eigenvalue weighted by molar-refractivity contribution is 5.80. The van der Waals surface area contributed by atoms with E-state index in [0.717, 1.165) is 69.0 Å². The minimum Gasteiger partial charge on any atom is -0.496 e. The normalized spacial score (nSPS) is 19.3. The number of rotatable bonds is 7. The second kappa shape index (κ2) is 11.4. The van der Waals surface area contributed by atoms with Gasteiger partial charge in [0.2, 0.25) is 0 Å². The van der Waals surface area contributed by atoms with Crippen LogP contribution in [0.5, 0.6) is 5.75 Å². The molecule has 0 spiro atoms. The van der Waals surface area contributed by atoms with Crippen molar-refractivity contribution in [1.29, 1.82) is 0 Å². The van der Waals surface area contributed by atoms with E-state index in [1.165, 1.54) is 12.8 Å². The zero-order valence-electron chi connectivity index (χ0n) is 20.1. The van der Waals surface area contributed by atoms with Crippen LogP contribution in [0, 0.1) is 0 Å². The van der Waals surface area contributed by atoms with Crippen LogP contribution in [-0.2, 0) is 9.53 Å². The predicted octanol–water partition coefficient (Wildman–Crippen LogP) is 2.49. The molecule has 0 aliphatic carbocycles. The van der Waals surface area contributed by atoms with Crippen LogP contribution in [0.25, 0.3) is 0 Å². The van der Waals surface area contributed by atoms with Gasteiger partial charge in [-0.2, -0.15) is 5.10 Å². The van der Waals surface area contributed by atoms with Crippen LogP contribution in [-0.4, -0.2) is 81.5 Å². The summed E-state index contributed by atoms with van der Waals surface area (Å²) in [6.45, 7) is 5.82. The summed E-state index contributed by atoms with van der Waals surface area (Å²) >= 11 is 0. The molecule has 2 N–H and O–H groups in total. The quantitative estimate of drug-likeness (QED) is 0.291. The molecule has 2 aliphatic rings. The smallest absolute Gasteiger partial charge is 0.327 e. The van der Waals surface area contributed by atoms with Crippen LogP contribution in [0.4, 0.5) is 5.69 Å². The molecule has 0 saturated carbocycles. The maximum absolute atomic E-state index is 12.7. The Morgan fingerprint density at radius 2 is 1.68 bits per heavy atom. The van der Waals surface area contributed by atoms with Crippen molar-refractivity contribution in [2.24, 2.45) is 10.9 Å². The van der Waals surface area contributed by atoms with Crippen molar-refractivity contribution in [3.8, 4) is 5.75 Å². The molecule has 1 unspecified atom stereocenters. The highest BCUT2D eigenvalue weighted by Gasteiger charge is 2.35. The molecule has 2 heterocycles. The lowest BCUT2D eigenvalue weighted by Gasteiger charge is -2.44. The lowest BCUT2D eigenvalue weighted by atomic mass is 9.97. The van der Waals surface area contributed by atoms with Crippen molar-refractivity contribution >= 4 is 17.9 Å². The molecule has 8 nitrogen and oxygen atoms in total. The number of hydrogen-bond acceptors (Lipinski definition) is 8. The number of carbonyl (C=O) groups excluding carboxylic acids is 1. The Kier molecular flexibility index (Phi) is 8.03. The van der Waals surface area contributed by atoms with E-state index in [-0.39, 0.29) is 5.97 Å². The van der Waals surface area contributed by atoms with Gasteiger partial charge in [0.05, 0.1) is 20.4 Å². The van der Waals surface area contributed by atoms with E-state index in [9.17, 15) is 4.79 Å². The maximum atomic E-state index is 12.7. The first-order valence-corrected chi connectivity index (χ1v) is 11.9. The Morgan fingerprint density at radius 1 is 1.00 bits per heavy atom. The van der Waals surface area contributed by atoms with E-state index in [0.29, 0.717) is 6.04 Å². The van der Waals surface area contributed by atoms with Gasteiger partial charge in [0.25, 0.3) is 0 Å². The summed E-state index contributed by atoms with van der Waals surface area (Å²) < 4.78 is 10.7. The molecule has 1 atom stereocenters. The highest BCUT2D eigenvalue weighted by atomic mass is 16.5. The third-order valence-electron chi connectivity index (χ3n) is 7.03. The minimum absolute atomic E-state index is 0.236. The summed E-state index contributed by atoms with van der Waals surface area (Å²) in [6, 6.07) is 16.2. The highest BCUT2D eigenvalue weighted by Crippen LogP contribution is 2.33. The molecule has 0 amide bonds. The fraction of sp³-hybridized carbons (Fsp3) is 0.462. The molecule has 8 heteroatoms. The summed E-state index contributed by atoms with van der Waals surface area (Å²) in [4.78, 5) is 20.0. The lowest BCUT2D eigenvalue weighted by Crippen LogP contribution is -2.54. The van der Waals surface area contributed by atoms with Gasteiger partial charge in [0.15, 0.2) is 0 Å². The summed E-state index contributed by atoms with van der Waals surface area (Å²) in [5.74, 6) is 5.72. The SMILES string of the molecule is COC(=O)C(c1ccccc1OC)N1CCC(N2CCN(c3ccc(C=NN)cc3)CC2)CC1. The molecule has 2 saturated heterocycles. The number of hydrogen-bond donors (Lipinski definition) is 1. The first-order chi connectivity index (χ1) is 16.6. The number of nitrogens with zero attached hydrogens (tertiary/aromatic N) is 4. The van der Waals surface area contributed by atoms with Crippen molar-refractivity contribution in [2.75, 3.05) is 58.4 Å². The number of anilines is 1. The van der Waals surface area contributed by atoms with Crippen LogP contribution >= 0.6 is 0 Å². The Hall–Kier alpha value is -3.10. The van der Waals surface area contributed by atoms with Crippen molar-refractivity contribution in [3.63, 3.8) is 0 Å². The van der Waals surface area contributed by atoms with E-state index < -0.39 is 6.04 Å². The fourth-order valence-corrected chi connectivity index (χ4v) is 5.19. The fourth-order valence-electron chi connectivity index (χ4n) is 5.19. The number of piperazine rings is 1. The number of benzene rings is 2. The topological polar surface area (TPSA) is 83.6 Å². The van der Waals surface area contributed by atoms with E-state index in [1.807, 2.05) is 36.4 Å². The molecule has 2 aromatic carbocycles. The number of likely N-dealkylation sites (tertiary alicyclic amines) is 1. The van der Waals surface area contributed by atoms with E-state index in [2.05, 4.69) is 31.9 Å². The van der Waals surface area contributed by atoms with Gasteiger partial charge in [-0.3, -0.25) is 9.80 Å². The number of esters is 1. The zero-order chi connectivity index (χ0) is 23.9. The molecule has 34 heavy (non-hydrogen) atoms. The molecule has 2 aromatic rings. The molecule has 182 valence electrons. The summed E-state index contributed by atoms with van der Waals surface area (Å²) in [5, 5.41) is 3.59. The molecule has 2 fully saturated rings. The average molecular weight is 466 g/mol. The van der Waals surface area contributed by atoms with Crippen LogP contribution in [0.15, 0.2) is 53.6 Å². The number of hydrazone groups is 1. The van der Waals surface area contributed by atoms with Gasteiger partial charge in [-0.25, -0.2) is 4.79 Å². The lowest BCUT2D eigenvalue weighted by molar-refractivity contribution is -0.148. The van der Waals surface area contributed by atoms with Gasteiger partial charge in [-0.05, 0) is 36.6 Å². The second-order valence-corrected chi connectivity index (χ2v) is 8.83. The molecular weight excluding hydrogens is 430 g/mol. The van der Waals surface area contributed by atoms with Gasteiger partial charge in [-0.15, -0.1) is 0 Å². The first-order valence-electron chi connectivity index (χ1n) is 11.9. The van der Waals surface area contributed by atoms with Gasteiger partial charge in [0, 0.05) is 56.6 Å². The number of para-hydroxylation sites is 1. The molecule has 0 bridgehead atoms. The predicted molar refractivity (Wildman–Crippen MR) is 134 cm³/mol. The van der Waals surface area contributed by atoms with Crippen LogP contribution in [0.2, 0.25) is 0 Å². The van der Waals surface area contributed by atoms with Crippen LogP contribution in [0.1, 0.15) is 30.0 Å². The van der Waals surface area contributed by atoms with Crippen molar-refractivity contribution in [1.82, 2.24) is 9.80 Å². The molecule has 2 aliphatic heterocycles. The summed E-state index contributed by atoms with van der Waals surface area (Å²) in [5.41, 5.74) is 3.11. The number of nitrogens with two attached hydrogens (primary N) is 1. The average Bonchev–Trinajstić information content (AvgIpc) is 2.90. The minimum atomic E-state index is -0.439. The standard InChI is InChI=1S/C26H35N5O3/c1-33-24-6-4-3-5-23(24)25(26(32)34-2)31-13-11-22(12-14-31)30-17-15-29(16-18-30)21-9-7-20(8-10-21)19-28-27/h3-10,19,22,25H,11-18,27H2,1-2H3. The van der Waals surface area contributed by atoms with Crippen molar-refractivity contribution in [2.45, 2.75) is 24.9 Å². The third kappa shape index (κ3) is 5.34. The number of carbonyl (C=O) groups is 1. The zero-order valence-corrected chi connectivity index (χ0v) is 20.1. The van der Waals surface area contributed by atoms with Crippen LogP contribution < -0.4 is 15.5 Å². The third-order valence-corrected chi connectivity index (χ3v) is 7.03.